The number of amides is 2. The van der Waals surface area contributed by atoms with Gasteiger partial charge >= 0.3 is 6.03 Å². The van der Waals surface area contributed by atoms with Gasteiger partial charge in [-0.3, -0.25) is 4.98 Å². The molecule has 0 spiro atoms. The first-order valence-corrected chi connectivity index (χ1v) is 8.62. The Morgan fingerprint density at radius 3 is 2.70 bits per heavy atom. The molecule has 1 unspecified atom stereocenters. The van der Waals surface area contributed by atoms with Gasteiger partial charge < -0.3 is 19.9 Å². The van der Waals surface area contributed by atoms with E-state index in [2.05, 4.69) is 15.2 Å². The summed E-state index contributed by atoms with van der Waals surface area (Å²) in [7, 11) is 0. The van der Waals surface area contributed by atoms with Crippen LogP contribution in [0.3, 0.4) is 0 Å². The highest BCUT2D eigenvalue weighted by Gasteiger charge is 2.21. The van der Waals surface area contributed by atoms with E-state index >= 15 is 0 Å². The molecule has 2 aliphatic heterocycles. The van der Waals surface area contributed by atoms with Gasteiger partial charge in [0.15, 0.2) is 0 Å². The van der Waals surface area contributed by atoms with Crippen LogP contribution in [0.5, 0.6) is 0 Å². The minimum atomic E-state index is 0.0511. The second kappa shape index (κ2) is 8.15. The minimum absolute atomic E-state index is 0.0511. The fourth-order valence-corrected chi connectivity index (χ4v) is 3.21. The summed E-state index contributed by atoms with van der Waals surface area (Å²) in [4.78, 5) is 20.5. The molecule has 2 amide bonds. The first-order chi connectivity index (χ1) is 11.3. The third-order valence-electron chi connectivity index (χ3n) is 4.61. The number of ether oxygens (including phenoxy) is 1. The zero-order valence-corrected chi connectivity index (χ0v) is 13.6. The summed E-state index contributed by atoms with van der Waals surface area (Å²) in [5, 5.41) is 3.03. The number of hydrogen-bond donors (Lipinski definition) is 1. The van der Waals surface area contributed by atoms with E-state index in [0.29, 0.717) is 12.6 Å². The summed E-state index contributed by atoms with van der Waals surface area (Å²) < 4.78 is 5.69. The van der Waals surface area contributed by atoms with Crippen LogP contribution in [0.4, 0.5) is 10.5 Å². The Morgan fingerprint density at radius 2 is 2.00 bits per heavy atom. The lowest BCUT2D eigenvalue weighted by Crippen LogP contribution is -2.52. The molecule has 1 aromatic rings. The third kappa shape index (κ3) is 4.58. The highest BCUT2D eigenvalue weighted by atomic mass is 16.5. The minimum Gasteiger partial charge on any atom is -0.378 e. The molecule has 0 saturated carbocycles. The fraction of sp³-hybridized carbons (Fsp3) is 0.647. The van der Waals surface area contributed by atoms with Crippen molar-refractivity contribution in [1.82, 2.24) is 15.2 Å². The van der Waals surface area contributed by atoms with E-state index in [0.717, 1.165) is 45.6 Å². The molecule has 0 bridgehead atoms. The number of nitrogens with one attached hydrogen (secondary N) is 1. The lowest BCUT2D eigenvalue weighted by molar-refractivity contribution is 0.0118. The number of hydrogen-bond acceptors (Lipinski definition) is 4. The Bertz CT molecular complexity index is 483. The molecule has 6 nitrogen and oxygen atoms in total. The lowest BCUT2D eigenvalue weighted by atomic mass is 10.1. The third-order valence-corrected chi connectivity index (χ3v) is 4.61. The Kier molecular flexibility index (Phi) is 5.69. The molecule has 126 valence electrons. The number of urea groups is 1. The van der Waals surface area contributed by atoms with Crippen LogP contribution in [0, 0.1) is 0 Å². The molecule has 0 aliphatic carbocycles. The zero-order valence-electron chi connectivity index (χ0n) is 13.6. The molecule has 2 saturated heterocycles. The number of nitrogens with zero attached hydrogens (tertiary/aromatic N) is 3. The van der Waals surface area contributed by atoms with Gasteiger partial charge in [0.05, 0.1) is 6.10 Å². The molecule has 3 rings (SSSR count). The summed E-state index contributed by atoms with van der Waals surface area (Å²) >= 11 is 0. The van der Waals surface area contributed by atoms with Crippen molar-refractivity contribution >= 4 is 11.7 Å². The van der Waals surface area contributed by atoms with Crippen LogP contribution in [0.1, 0.15) is 25.7 Å². The van der Waals surface area contributed by atoms with Crippen molar-refractivity contribution in [2.75, 3.05) is 44.2 Å². The van der Waals surface area contributed by atoms with Gasteiger partial charge in [-0.15, -0.1) is 0 Å². The molecule has 1 aromatic heterocycles. The molecular weight excluding hydrogens is 292 g/mol. The maximum Gasteiger partial charge on any atom is 0.317 e. The monoisotopic (exact) mass is 318 g/mol. The normalized spacial score (nSPS) is 22.0. The number of rotatable bonds is 4. The van der Waals surface area contributed by atoms with Crippen molar-refractivity contribution in [3.63, 3.8) is 0 Å². The summed E-state index contributed by atoms with van der Waals surface area (Å²) in [6.45, 7) is 4.82. The average Bonchev–Trinajstić information content (AvgIpc) is 2.63. The second-order valence-electron chi connectivity index (χ2n) is 6.19. The van der Waals surface area contributed by atoms with Gasteiger partial charge in [0.2, 0.25) is 0 Å². The van der Waals surface area contributed by atoms with Gasteiger partial charge in [-0.25, -0.2) is 4.79 Å². The Hall–Kier alpha value is -1.82. The highest BCUT2D eigenvalue weighted by molar-refractivity contribution is 5.74. The van der Waals surface area contributed by atoms with Crippen LogP contribution in [-0.2, 0) is 4.74 Å². The average molecular weight is 318 g/mol. The zero-order chi connectivity index (χ0) is 15.9. The van der Waals surface area contributed by atoms with E-state index in [9.17, 15) is 4.79 Å². The van der Waals surface area contributed by atoms with Crippen molar-refractivity contribution < 1.29 is 9.53 Å². The lowest BCUT2D eigenvalue weighted by Gasteiger charge is -2.36. The first-order valence-electron chi connectivity index (χ1n) is 8.62. The Labute approximate surface area is 137 Å². The van der Waals surface area contributed by atoms with Gasteiger partial charge in [0.1, 0.15) is 0 Å². The molecule has 23 heavy (non-hydrogen) atoms. The van der Waals surface area contributed by atoms with E-state index < -0.39 is 0 Å². The largest absolute Gasteiger partial charge is 0.378 e. The van der Waals surface area contributed by atoms with Crippen LogP contribution >= 0.6 is 0 Å². The van der Waals surface area contributed by atoms with Gasteiger partial charge in [0.25, 0.3) is 0 Å². The number of carbonyl (C=O) groups is 1. The number of carbonyl (C=O) groups excluding carboxylic acids is 1. The van der Waals surface area contributed by atoms with Gasteiger partial charge in [-0.05, 0) is 37.8 Å². The molecule has 1 N–H and O–H groups in total. The SMILES string of the molecule is O=C(NCCC1CCCCO1)N1CCN(c2ccncc2)CC1. The number of aromatic nitrogens is 1. The maximum atomic E-state index is 12.2. The quantitative estimate of drug-likeness (QED) is 0.921. The number of pyridine rings is 1. The fourth-order valence-electron chi connectivity index (χ4n) is 3.21. The van der Waals surface area contributed by atoms with Crippen molar-refractivity contribution in [3.05, 3.63) is 24.5 Å². The molecule has 6 heteroatoms. The summed E-state index contributed by atoms with van der Waals surface area (Å²) in [5.41, 5.74) is 1.18. The predicted molar refractivity (Wildman–Crippen MR) is 89.6 cm³/mol. The smallest absolute Gasteiger partial charge is 0.317 e. The number of piperazine rings is 1. The van der Waals surface area contributed by atoms with Crippen LogP contribution < -0.4 is 10.2 Å². The van der Waals surface area contributed by atoms with Crippen molar-refractivity contribution in [2.45, 2.75) is 31.8 Å². The number of anilines is 1. The second-order valence-corrected chi connectivity index (χ2v) is 6.19. The van der Waals surface area contributed by atoms with Crippen LogP contribution in [-0.4, -0.2) is 61.3 Å². The summed E-state index contributed by atoms with van der Waals surface area (Å²) in [5.74, 6) is 0. The molecule has 0 radical (unpaired) electrons. The molecule has 2 fully saturated rings. The first kappa shape index (κ1) is 16.1. The topological polar surface area (TPSA) is 57.7 Å². The molecule has 3 heterocycles. The standard InChI is InChI=1S/C17H26N4O2/c22-17(19-9-6-16-3-1-2-14-23-16)21-12-10-20(11-13-21)15-4-7-18-8-5-15/h4-5,7-8,16H,1-3,6,9-14H2,(H,19,22). The van der Waals surface area contributed by atoms with E-state index in [1.807, 2.05) is 29.4 Å². The van der Waals surface area contributed by atoms with E-state index in [1.54, 1.807) is 0 Å². The Balaban J connectivity index is 1.36. The van der Waals surface area contributed by atoms with Gasteiger partial charge in [0, 0.05) is 57.4 Å². The van der Waals surface area contributed by atoms with E-state index in [-0.39, 0.29) is 6.03 Å². The van der Waals surface area contributed by atoms with Gasteiger partial charge in [-0.1, -0.05) is 0 Å². The molecule has 1 atom stereocenters. The van der Waals surface area contributed by atoms with E-state index in [1.165, 1.54) is 18.5 Å². The van der Waals surface area contributed by atoms with Crippen molar-refractivity contribution in [2.24, 2.45) is 0 Å². The van der Waals surface area contributed by atoms with Crippen molar-refractivity contribution in [1.29, 1.82) is 0 Å². The van der Waals surface area contributed by atoms with Crippen LogP contribution in [0.15, 0.2) is 24.5 Å². The van der Waals surface area contributed by atoms with Gasteiger partial charge in [-0.2, -0.15) is 0 Å². The summed E-state index contributed by atoms with van der Waals surface area (Å²) in [6.07, 6.45) is 8.40. The predicted octanol–water partition coefficient (Wildman–Crippen LogP) is 1.87. The Morgan fingerprint density at radius 1 is 1.22 bits per heavy atom. The maximum absolute atomic E-state index is 12.2. The summed E-state index contributed by atoms with van der Waals surface area (Å²) in [6, 6.07) is 4.08. The molecule has 2 aliphatic rings. The van der Waals surface area contributed by atoms with Crippen LogP contribution in [0.25, 0.3) is 0 Å². The van der Waals surface area contributed by atoms with Crippen molar-refractivity contribution in [3.8, 4) is 0 Å². The van der Waals surface area contributed by atoms with E-state index in [4.69, 9.17) is 4.74 Å². The molecular formula is C17H26N4O2. The highest BCUT2D eigenvalue weighted by Crippen LogP contribution is 2.16. The van der Waals surface area contributed by atoms with Crippen LogP contribution in [0.2, 0.25) is 0 Å². The molecule has 0 aromatic carbocycles.